The summed E-state index contributed by atoms with van der Waals surface area (Å²) < 4.78 is 4.95. The van der Waals surface area contributed by atoms with E-state index in [4.69, 9.17) is 4.74 Å². The standard InChI is InChI=1S/C16H20N2O3/c1-5-21-15(19)14(18-20)13-12-8-10(2)6-7-11(12)9-16(3,4)17-13/h6-8,20H,5,9H2,1-4H3/b18-14-. The van der Waals surface area contributed by atoms with Crippen molar-refractivity contribution in [2.75, 3.05) is 6.61 Å². The Morgan fingerprint density at radius 3 is 2.81 bits per heavy atom. The lowest BCUT2D eigenvalue weighted by molar-refractivity contribution is -0.134. The van der Waals surface area contributed by atoms with Crippen LogP contribution >= 0.6 is 0 Å². The van der Waals surface area contributed by atoms with E-state index in [9.17, 15) is 10.0 Å². The van der Waals surface area contributed by atoms with E-state index in [1.807, 2.05) is 39.0 Å². The summed E-state index contributed by atoms with van der Waals surface area (Å²) in [4.78, 5) is 16.6. The van der Waals surface area contributed by atoms with Crippen molar-refractivity contribution in [3.05, 3.63) is 34.9 Å². The van der Waals surface area contributed by atoms with Gasteiger partial charge in [0.05, 0.1) is 12.1 Å². The third-order valence-electron chi connectivity index (χ3n) is 3.35. The summed E-state index contributed by atoms with van der Waals surface area (Å²) in [5.41, 5.74) is 2.86. The molecule has 1 aliphatic heterocycles. The van der Waals surface area contributed by atoms with Crippen molar-refractivity contribution in [2.45, 2.75) is 39.7 Å². The highest BCUT2D eigenvalue weighted by atomic mass is 16.5. The molecule has 0 amide bonds. The maximum absolute atomic E-state index is 12.0. The highest BCUT2D eigenvalue weighted by Crippen LogP contribution is 2.28. The summed E-state index contributed by atoms with van der Waals surface area (Å²) in [5.74, 6) is -0.663. The predicted molar refractivity (Wildman–Crippen MR) is 81.4 cm³/mol. The van der Waals surface area contributed by atoms with Crippen LogP contribution in [0.5, 0.6) is 0 Å². The molecule has 0 atom stereocenters. The van der Waals surface area contributed by atoms with E-state index in [0.29, 0.717) is 5.71 Å². The molecule has 0 aliphatic carbocycles. The number of hydrogen-bond donors (Lipinski definition) is 1. The maximum Gasteiger partial charge on any atom is 0.362 e. The molecular weight excluding hydrogens is 268 g/mol. The molecule has 0 fully saturated rings. The molecule has 0 saturated carbocycles. The highest BCUT2D eigenvalue weighted by Gasteiger charge is 2.32. The van der Waals surface area contributed by atoms with E-state index in [0.717, 1.165) is 23.1 Å². The van der Waals surface area contributed by atoms with Gasteiger partial charge in [0, 0.05) is 5.56 Å². The zero-order chi connectivity index (χ0) is 15.6. The Labute approximate surface area is 124 Å². The summed E-state index contributed by atoms with van der Waals surface area (Å²) in [6, 6.07) is 6.01. The number of nitrogens with zero attached hydrogens (tertiary/aromatic N) is 2. The van der Waals surface area contributed by atoms with Crippen LogP contribution in [0.2, 0.25) is 0 Å². The summed E-state index contributed by atoms with van der Waals surface area (Å²) in [6.45, 7) is 7.86. The zero-order valence-corrected chi connectivity index (χ0v) is 12.8. The number of ether oxygens (including phenoxy) is 1. The molecule has 112 valence electrons. The molecule has 0 unspecified atom stereocenters. The second kappa shape index (κ2) is 5.68. The van der Waals surface area contributed by atoms with Crippen molar-refractivity contribution in [1.82, 2.24) is 0 Å². The number of carbonyl (C=O) groups excluding carboxylic acids is 1. The summed E-state index contributed by atoms with van der Waals surface area (Å²) in [7, 11) is 0. The number of esters is 1. The van der Waals surface area contributed by atoms with Gasteiger partial charge in [0.1, 0.15) is 5.71 Å². The van der Waals surface area contributed by atoms with Gasteiger partial charge in [-0.3, -0.25) is 4.99 Å². The minimum absolute atomic E-state index is 0.142. The number of carbonyl (C=O) groups is 1. The average Bonchev–Trinajstić information content (AvgIpc) is 2.40. The number of rotatable bonds is 3. The average molecular weight is 288 g/mol. The highest BCUT2D eigenvalue weighted by molar-refractivity contribution is 6.69. The van der Waals surface area contributed by atoms with E-state index >= 15 is 0 Å². The zero-order valence-electron chi connectivity index (χ0n) is 12.8. The monoisotopic (exact) mass is 288 g/mol. The summed E-state index contributed by atoms with van der Waals surface area (Å²) >= 11 is 0. The maximum atomic E-state index is 12.0. The van der Waals surface area contributed by atoms with Gasteiger partial charge >= 0.3 is 5.97 Å². The van der Waals surface area contributed by atoms with E-state index < -0.39 is 5.97 Å². The van der Waals surface area contributed by atoms with Crippen LogP contribution in [-0.4, -0.2) is 34.7 Å². The summed E-state index contributed by atoms with van der Waals surface area (Å²) in [5, 5.41) is 12.4. The van der Waals surface area contributed by atoms with Crippen molar-refractivity contribution in [3.8, 4) is 0 Å². The normalized spacial score (nSPS) is 17.0. The molecule has 0 saturated heterocycles. The van der Waals surface area contributed by atoms with Crippen molar-refractivity contribution in [1.29, 1.82) is 0 Å². The number of fused-ring (bicyclic) bond motifs is 1. The van der Waals surface area contributed by atoms with Gasteiger partial charge in [0.25, 0.3) is 0 Å². The van der Waals surface area contributed by atoms with Gasteiger partial charge in [-0.25, -0.2) is 4.79 Å². The Morgan fingerprint density at radius 2 is 2.19 bits per heavy atom. The second-order valence-electron chi connectivity index (χ2n) is 5.78. The molecule has 5 heteroatoms. The quantitative estimate of drug-likeness (QED) is 0.402. The minimum Gasteiger partial charge on any atom is -0.461 e. The first kappa shape index (κ1) is 15.2. The third-order valence-corrected chi connectivity index (χ3v) is 3.35. The number of hydrogen-bond acceptors (Lipinski definition) is 5. The van der Waals surface area contributed by atoms with E-state index in [-0.39, 0.29) is 17.9 Å². The molecule has 1 N–H and O–H groups in total. The largest absolute Gasteiger partial charge is 0.461 e. The smallest absolute Gasteiger partial charge is 0.362 e. The fraction of sp³-hybridized carbons (Fsp3) is 0.438. The van der Waals surface area contributed by atoms with Crippen LogP contribution in [0.25, 0.3) is 0 Å². The van der Waals surface area contributed by atoms with Gasteiger partial charge in [0.15, 0.2) is 0 Å². The number of aryl methyl sites for hydroxylation is 1. The lowest BCUT2D eigenvalue weighted by Gasteiger charge is -2.29. The topological polar surface area (TPSA) is 71.2 Å². The lowest BCUT2D eigenvalue weighted by atomic mass is 9.85. The molecular formula is C16H20N2O3. The van der Waals surface area contributed by atoms with Gasteiger partial charge in [-0.05, 0) is 45.7 Å². The molecule has 1 aromatic rings. The molecule has 1 aliphatic rings. The molecule has 0 aromatic heterocycles. The van der Waals surface area contributed by atoms with Crippen molar-refractivity contribution in [2.24, 2.45) is 10.1 Å². The fourth-order valence-corrected chi connectivity index (χ4v) is 2.50. The van der Waals surface area contributed by atoms with Gasteiger partial charge in [-0.15, -0.1) is 0 Å². The molecule has 0 radical (unpaired) electrons. The van der Waals surface area contributed by atoms with Crippen LogP contribution in [0.4, 0.5) is 0 Å². The van der Waals surface area contributed by atoms with Crippen LogP contribution < -0.4 is 0 Å². The number of oxime groups is 1. The SMILES string of the molecule is CCOC(=O)/C(=N\O)C1=NC(C)(C)Cc2ccc(C)cc21. The minimum atomic E-state index is -0.663. The van der Waals surface area contributed by atoms with Crippen molar-refractivity contribution < 1.29 is 14.7 Å². The Hall–Kier alpha value is -2.17. The fourth-order valence-electron chi connectivity index (χ4n) is 2.50. The van der Waals surface area contributed by atoms with Crippen LogP contribution in [0.15, 0.2) is 28.3 Å². The van der Waals surface area contributed by atoms with Gasteiger partial charge in [-0.2, -0.15) is 0 Å². The van der Waals surface area contributed by atoms with Crippen molar-refractivity contribution >= 4 is 17.4 Å². The molecule has 0 spiro atoms. The van der Waals surface area contributed by atoms with E-state index in [1.165, 1.54) is 0 Å². The molecule has 21 heavy (non-hydrogen) atoms. The number of aliphatic imine (C=N–C) groups is 1. The Morgan fingerprint density at radius 1 is 1.48 bits per heavy atom. The Kier molecular flexibility index (Phi) is 4.11. The Balaban J connectivity index is 2.57. The summed E-state index contributed by atoms with van der Waals surface area (Å²) in [6.07, 6.45) is 0.771. The first-order valence-corrected chi connectivity index (χ1v) is 6.97. The van der Waals surface area contributed by atoms with Crippen molar-refractivity contribution in [3.63, 3.8) is 0 Å². The van der Waals surface area contributed by atoms with Gasteiger partial charge < -0.3 is 9.94 Å². The number of benzene rings is 1. The first-order valence-electron chi connectivity index (χ1n) is 6.97. The van der Waals surface area contributed by atoms with Crippen LogP contribution in [-0.2, 0) is 16.0 Å². The molecule has 1 heterocycles. The van der Waals surface area contributed by atoms with Crippen LogP contribution in [0, 0.1) is 6.92 Å². The van der Waals surface area contributed by atoms with E-state index in [1.54, 1.807) is 6.92 Å². The molecule has 2 rings (SSSR count). The Bertz CT molecular complexity index is 630. The van der Waals surface area contributed by atoms with Gasteiger partial charge in [-0.1, -0.05) is 22.9 Å². The third kappa shape index (κ3) is 3.12. The van der Waals surface area contributed by atoms with Gasteiger partial charge in [0.2, 0.25) is 5.71 Å². The van der Waals surface area contributed by atoms with Crippen LogP contribution in [0.3, 0.4) is 0 Å². The second-order valence-corrected chi connectivity index (χ2v) is 5.78. The predicted octanol–water partition coefficient (Wildman–Crippen LogP) is 2.51. The molecule has 5 nitrogen and oxygen atoms in total. The first-order chi connectivity index (χ1) is 9.88. The van der Waals surface area contributed by atoms with Crippen LogP contribution in [0.1, 0.15) is 37.5 Å². The molecule has 1 aromatic carbocycles. The molecule has 0 bridgehead atoms. The van der Waals surface area contributed by atoms with E-state index in [2.05, 4.69) is 10.1 Å². The lowest BCUT2D eigenvalue weighted by Crippen LogP contribution is -2.36.